The molecule has 4 nitrogen and oxygen atoms in total. The van der Waals surface area contributed by atoms with Crippen molar-refractivity contribution in [2.45, 2.75) is 6.54 Å². The quantitative estimate of drug-likeness (QED) is 0.804. The lowest BCUT2D eigenvalue weighted by Gasteiger charge is -2.04. The van der Waals surface area contributed by atoms with Gasteiger partial charge in [-0.05, 0) is 12.1 Å². The predicted octanol–water partition coefficient (Wildman–Crippen LogP) is 1.02. The van der Waals surface area contributed by atoms with Gasteiger partial charge >= 0.3 is 0 Å². The maximum Gasteiger partial charge on any atom is 0.251 e. The number of amides is 1. The van der Waals surface area contributed by atoms with Crippen LogP contribution < -0.4 is 11.1 Å². The van der Waals surface area contributed by atoms with Gasteiger partial charge in [-0.25, -0.2) is 0 Å². The fourth-order valence-electron chi connectivity index (χ4n) is 1.01. The zero-order valence-electron chi connectivity index (χ0n) is 8.16. The number of carbonyl (C=O) groups excluding carboxylic acids is 1. The van der Waals surface area contributed by atoms with E-state index in [-0.39, 0.29) is 12.5 Å². The monoisotopic (exact) mass is 225 g/mol. The van der Waals surface area contributed by atoms with Gasteiger partial charge in [-0.1, -0.05) is 18.2 Å². The molecule has 0 saturated carbocycles. The summed E-state index contributed by atoms with van der Waals surface area (Å²) < 4.78 is 0. The van der Waals surface area contributed by atoms with Crippen LogP contribution in [0.3, 0.4) is 0 Å². The second-order valence-electron chi connectivity index (χ2n) is 2.94. The van der Waals surface area contributed by atoms with Crippen LogP contribution in [0.1, 0.15) is 16.1 Å². The summed E-state index contributed by atoms with van der Waals surface area (Å²) in [5.74, 6) is -0.214. The van der Waals surface area contributed by atoms with Crippen molar-refractivity contribution in [3.05, 3.63) is 41.2 Å². The van der Waals surface area contributed by atoms with E-state index in [1.807, 2.05) is 0 Å². The van der Waals surface area contributed by atoms with Crippen LogP contribution in [-0.4, -0.2) is 17.4 Å². The normalized spacial score (nSPS) is 9.73. The van der Waals surface area contributed by atoms with Crippen LogP contribution in [0, 0.1) is 0 Å². The molecule has 0 aromatic carbocycles. The predicted molar refractivity (Wildman–Crippen MR) is 59.5 cm³/mol. The highest BCUT2D eigenvalue weighted by Gasteiger charge is 2.05. The van der Waals surface area contributed by atoms with Crippen LogP contribution >= 0.6 is 11.6 Å². The molecule has 0 unspecified atom stereocenters. The number of aromatic nitrogens is 1. The van der Waals surface area contributed by atoms with Crippen LogP contribution in [0.15, 0.2) is 29.9 Å². The van der Waals surface area contributed by atoms with E-state index >= 15 is 0 Å². The number of rotatable bonds is 4. The molecule has 1 heterocycles. The van der Waals surface area contributed by atoms with Gasteiger partial charge in [-0.3, -0.25) is 9.78 Å². The summed E-state index contributed by atoms with van der Waals surface area (Å²) in [4.78, 5) is 15.5. The number of halogens is 1. The SMILES string of the molecule is C=C(Cl)CNC(=O)c1ccnc(CN)c1. The van der Waals surface area contributed by atoms with Crippen molar-refractivity contribution in [3.8, 4) is 0 Å². The van der Waals surface area contributed by atoms with E-state index in [1.54, 1.807) is 18.3 Å². The van der Waals surface area contributed by atoms with Crippen molar-refractivity contribution in [1.82, 2.24) is 10.3 Å². The third-order valence-corrected chi connectivity index (χ3v) is 1.86. The lowest BCUT2D eigenvalue weighted by molar-refractivity contribution is 0.0957. The van der Waals surface area contributed by atoms with Crippen molar-refractivity contribution in [1.29, 1.82) is 0 Å². The Morgan fingerprint density at radius 2 is 2.40 bits per heavy atom. The second kappa shape index (κ2) is 5.48. The van der Waals surface area contributed by atoms with Crippen molar-refractivity contribution in [3.63, 3.8) is 0 Å². The minimum atomic E-state index is -0.214. The zero-order chi connectivity index (χ0) is 11.3. The second-order valence-corrected chi connectivity index (χ2v) is 3.47. The third-order valence-electron chi connectivity index (χ3n) is 1.73. The largest absolute Gasteiger partial charge is 0.347 e. The molecule has 1 aromatic heterocycles. The standard InChI is InChI=1S/C10H12ClN3O/c1-7(11)6-14-10(15)8-2-3-13-9(4-8)5-12/h2-4H,1,5-6,12H2,(H,14,15). The van der Waals surface area contributed by atoms with Gasteiger partial charge in [0.1, 0.15) is 0 Å². The Bertz CT molecular complexity index is 379. The molecular weight excluding hydrogens is 214 g/mol. The van der Waals surface area contributed by atoms with E-state index in [2.05, 4.69) is 16.9 Å². The molecule has 1 rings (SSSR count). The zero-order valence-corrected chi connectivity index (χ0v) is 8.92. The molecule has 0 aliphatic rings. The van der Waals surface area contributed by atoms with Crippen molar-refractivity contribution < 1.29 is 4.79 Å². The van der Waals surface area contributed by atoms with Crippen molar-refractivity contribution in [2.24, 2.45) is 5.73 Å². The molecule has 1 amide bonds. The Morgan fingerprint density at radius 1 is 1.67 bits per heavy atom. The van der Waals surface area contributed by atoms with Gasteiger partial charge in [0.15, 0.2) is 0 Å². The first-order valence-electron chi connectivity index (χ1n) is 4.40. The average molecular weight is 226 g/mol. The lowest BCUT2D eigenvalue weighted by atomic mass is 10.2. The van der Waals surface area contributed by atoms with E-state index < -0.39 is 0 Å². The number of hydrogen-bond acceptors (Lipinski definition) is 3. The lowest BCUT2D eigenvalue weighted by Crippen LogP contribution is -2.24. The van der Waals surface area contributed by atoms with E-state index in [4.69, 9.17) is 17.3 Å². The van der Waals surface area contributed by atoms with Crippen LogP contribution in [0.5, 0.6) is 0 Å². The number of nitrogens with two attached hydrogens (primary N) is 1. The molecule has 0 bridgehead atoms. The summed E-state index contributed by atoms with van der Waals surface area (Å²) in [7, 11) is 0. The number of pyridine rings is 1. The number of carbonyl (C=O) groups is 1. The van der Waals surface area contributed by atoms with Gasteiger partial charge in [-0.2, -0.15) is 0 Å². The fourth-order valence-corrected chi connectivity index (χ4v) is 1.08. The molecule has 0 aliphatic carbocycles. The molecule has 0 radical (unpaired) electrons. The van der Waals surface area contributed by atoms with Crippen LogP contribution in [0.2, 0.25) is 0 Å². The Balaban J connectivity index is 2.69. The van der Waals surface area contributed by atoms with Gasteiger partial charge in [0.25, 0.3) is 5.91 Å². The maximum absolute atomic E-state index is 11.5. The molecule has 0 aliphatic heterocycles. The summed E-state index contributed by atoms with van der Waals surface area (Å²) in [6, 6.07) is 3.26. The van der Waals surface area contributed by atoms with Gasteiger partial charge in [0, 0.05) is 23.3 Å². The molecule has 0 fully saturated rings. The Hall–Kier alpha value is -1.39. The summed E-state index contributed by atoms with van der Waals surface area (Å²) in [6.07, 6.45) is 1.55. The van der Waals surface area contributed by atoms with Crippen LogP contribution in [0.4, 0.5) is 0 Å². The molecule has 0 saturated heterocycles. The number of nitrogens with zero attached hydrogens (tertiary/aromatic N) is 1. The van der Waals surface area contributed by atoms with Gasteiger partial charge in [0.05, 0.1) is 12.2 Å². The molecule has 3 N–H and O–H groups in total. The van der Waals surface area contributed by atoms with Gasteiger partial charge in [0.2, 0.25) is 0 Å². The summed E-state index contributed by atoms with van der Waals surface area (Å²) in [5.41, 5.74) is 6.60. The van der Waals surface area contributed by atoms with E-state index in [9.17, 15) is 4.79 Å². The highest BCUT2D eigenvalue weighted by atomic mass is 35.5. The Morgan fingerprint density at radius 3 is 3.00 bits per heavy atom. The van der Waals surface area contributed by atoms with Crippen molar-refractivity contribution >= 4 is 17.5 Å². The highest BCUT2D eigenvalue weighted by Crippen LogP contribution is 2.02. The molecule has 1 aromatic rings. The third kappa shape index (κ3) is 3.69. The van der Waals surface area contributed by atoms with E-state index in [0.29, 0.717) is 22.8 Å². The van der Waals surface area contributed by atoms with Gasteiger partial charge in [-0.15, -0.1) is 0 Å². The Kier molecular flexibility index (Phi) is 4.27. The average Bonchev–Trinajstić information content (AvgIpc) is 2.26. The van der Waals surface area contributed by atoms with E-state index in [0.717, 1.165) is 0 Å². The van der Waals surface area contributed by atoms with Gasteiger partial charge < -0.3 is 11.1 Å². The highest BCUT2D eigenvalue weighted by molar-refractivity contribution is 6.29. The molecule has 80 valence electrons. The summed E-state index contributed by atoms with van der Waals surface area (Å²) >= 11 is 5.53. The molecular formula is C10H12ClN3O. The van der Waals surface area contributed by atoms with E-state index in [1.165, 1.54) is 0 Å². The molecule has 5 heteroatoms. The number of hydrogen-bond donors (Lipinski definition) is 2. The van der Waals surface area contributed by atoms with Crippen molar-refractivity contribution in [2.75, 3.05) is 6.54 Å². The number of nitrogens with one attached hydrogen (secondary N) is 1. The molecule has 0 atom stereocenters. The summed E-state index contributed by atoms with van der Waals surface area (Å²) in [6.45, 7) is 4.03. The minimum absolute atomic E-state index is 0.214. The maximum atomic E-state index is 11.5. The molecule has 0 spiro atoms. The molecule has 15 heavy (non-hydrogen) atoms. The summed E-state index contributed by atoms with van der Waals surface area (Å²) in [5, 5.41) is 3.00. The fraction of sp³-hybridized carbons (Fsp3) is 0.200. The first-order valence-corrected chi connectivity index (χ1v) is 4.77. The van der Waals surface area contributed by atoms with Crippen LogP contribution in [-0.2, 0) is 6.54 Å². The first kappa shape index (κ1) is 11.7. The minimum Gasteiger partial charge on any atom is -0.347 e. The first-order chi connectivity index (χ1) is 7.13. The Labute approximate surface area is 93.1 Å². The smallest absolute Gasteiger partial charge is 0.251 e. The van der Waals surface area contributed by atoms with Crippen LogP contribution in [0.25, 0.3) is 0 Å². The topological polar surface area (TPSA) is 68.0 Å².